The van der Waals surface area contributed by atoms with E-state index in [-0.39, 0.29) is 11.5 Å². The number of amides is 3. The lowest BCUT2D eigenvalue weighted by Crippen LogP contribution is -2.42. The molecule has 0 radical (unpaired) electrons. The first-order chi connectivity index (χ1) is 15.3. The molecule has 1 atom stereocenters. The minimum Gasteiger partial charge on any atom is -0.351 e. The van der Waals surface area contributed by atoms with Crippen molar-refractivity contribution in [2.75, 3.05) is 0 Å². The lowest BCUT2D eigenvalue weighted by Gasteiger charge is -2.18. The van der Waals surface area contributed by atoms with Crippen molar-refractivity contribution >= 4 is 40.4 Å². The summed E-state index contributed by atoms with van der Waals surface area (Å²) in [5, 5.41) is 11.0. The molecule has 2 aromatic heterocycles. The molecule has 0 bridgehead atoms. The van der Waals surface area contributed by atoms with E-state index in [1.165, 1.54) is 16.3 Å². The Kier molecular flexibility index (Phi) is 5.70. The van der Waals surface area contributed by atoms with Crippen LogP contribution in [0.15, 0.2) is 58.5 Å². The molecular formula is C22H22N6O3S. The molecule has 9 nitrogen and oxygen atoms in total. The fraction of sp³-hybridized carbons (Fsp3) is 0.227. The van der Waals surface area contributed by atoms with Gasteiger partial charge in [0.1, 0.15) is 0 Å². The van der Waals surface area contributed by atoms with E-state index in [0.717, 1.165) is 5.56 Å². The van der Waals surface area contributed by atoms with Crippen LogP contribution in [0.2, 0.25) is 0 Å². The van der Waals surface area contributed by atoms with Crippen molar-refractivity contribution in [1.29, 1.82) is 0 Å². The van der Waals surface area contributed by atoms with E-state index in [1.54, 1.807) is 16.5 Å². The summed E-state index contributed by atoms with van der Waals surface area (Å²) in [6, 6.07) is 13.8. The summed E-state index contributed by atoms with van der Waals surface area (Å²) in [6.45, 7) is 5.65. The van der Waals surface area contributed by atoms with Crippen LogP contribution in [0, 0.1) is 12.8 Å². The van der Waals surface area contributed by atoms with E-state index in [2.05, 4.69) is 15.5 Å². The van der Waals surface area contributed by atoms with Crippen LogP contribution in [0.1, 0.15) is 19.4 Å². The lowest BCUT2D eigenvalue weighted by molar-refractivity contribution is -0.120. The number of nitrogens with one attached hydrogen (secondary N) is 1. The standard InChI is InChI=1S/C22H22N6O3S/c1-12(2)17(18(29)24-20(23)31)32-22-26-25-21-27(15-10-6-4-8-13(15)3)19(30)14-9-5-7-11-16(14)28(21)22/h4-12,17H,1-3H3,(H3,23,24,29,31). The molecule has 0 saturated heterocycles. The van der Waals surface area contributed by atoms with Crippen LogP contribution in [0.3, 0.4) is 0 Å². The Balaban J connectivity index is 1.97. The highest BCUT2D eigenvalue weighted by molar-refractivity contribution is 8.00. The zero-order chi connectivity index (χ0) is 23.0. The summed E-state index contributed by atoms with van der Waals surface area (Å²) in [4.78, 5) is 37.2. The highest BCUT2D eigenvalue weighted by atomic mass is 32.2. The third-order valence-corrected chi connectivity index (χ3v) is 6.58. The number of nitrogens with two attached hydrogens (primary N) is 1. The minimum absolute atomic E-state index is 0.125. The number of hydrogen-bond acceptors (Lipinski definition) is 6. The molecule has 2 aromatic carbocycles. The molecule has 0 aliphatic heterocycles. The zero-order valence-electron chi connectivity index (χ0n) is 17.8. The molecule has 0 aliphatic carbocycles. The Morgan fingerprint density at radius 2 is 1.75 bits per heavy atom. The van der Waals surface area contributed by atoms with Crippen LogP contribution in [0.25, 0.3) is 22.4 Å². The van der Waals surface area contributed by atoms with Crippen molar-refractivity contribution in [1.82, 2.24) is 24.5 Å². The Bertz CT molecular complexity index is 1410. The number of rotatable bonds is 5. The number of carbonyl (C=O) groups is 2. The summed E-state index contributed by atoms with van der Waals surface area (Å²) < 4.78 is 3.29. The molecule has 32 heavy (non-hydrogen) atoms. The van der Waals surface area contributed by atoms with Crippen molar-refractivity contribution in [3.63, 3.8) is 0 Å². The normalized spacial score (nSPS) is 12.4. The summed E-state index contributed by atoms with van der Waals surface area (Å²) in [6.07, 6.45) is 0. The topological polar surface area (TPSA) is 124 Å². The Morgan fingerprint density at radius 3 is 2.44 bits per heavy atom. The number of aromatic nitrogens is 4. The van der Waals surface area contributed by atoms with Crippen molar-refractivity contribution in [3.8, 4) is 5.69 Å². The van der Waals surface area contributed by atoms with E-state index >= 15 is 0 Å². The van der Waals surface area contributed by atoms with Crippen molar-refractivity contribution in [3.05, 3.63) is 64.4 Å². The third-order valence-electron chi connectivity index (χ3n) is 5.09. The maximum atomic E-state index is 13.4. The second-order valence-corrected chi connectivity index (χ2v) is 8.81. The van der Waals surface area contributed by atoms with Gasteiger partial charge in [-0.05, 0) is 36.6 Å². The molecule has 0 spiro atoms. The van der Waals surface area contributed by atoms with Crippen LogP contribution < -0.4 is 16.6 Å². The number of fused-ring (bicyclic) bond motifs is 3. The van der Waals surface area contributed by atoms with Gasteiger partial charge >= 0.3 is 6.03 Å². The molecule has 0 aliphatic rings. The summed E-state index contributed by atoms with van der Waals surface area (Å²) in [5.41, 5.74) is 7.16. The second-order valence-electron chi connectivity index (χ2n) is 7.70. The number of nitrogens with zero attached hydrogens (tertiary/aromatic N) is 4. The van der Waals surface area contributed by atoms with Gasteiger partial charge < -0.3 is 5.73 Å². The molecule has 3 N–H and O–H groups in total. The third kappa shape index (κ3) is 3.73. The molecule has 10 heteroatoms. The maximum absolute atomic E-state index is 13.4. The maximum Gasteiger partial charge on any atom is 0.318 e. The SMILES string of the molecule is Cc1ccccc1-n1c(=O)c2ccccc2n2c(SC(C(=O)NC(N)=O)C(C)C)nnc12. The van der Waals surface area contributed by atoms with E-state index in [1.807, 2.05) is 57.2 Å². The average Bonchev–Trinajstić information content (AvgIpc) is 3.16. The van der Waals surface area contributed by atoms with E-state index in [0.29, 0.717) is 27.5 Å². The van der Waals surface area contributed by atoms with Gasteiger partial charge in [0.15, 0.2) is 5.16 Å². The summed E-state index contributed by atoms with van der Waals surface area (Å²) in [7, 11) is 0. The van der Waals surface area contributed by atoms with Gasteiger partial charge in [0.05, 0.1) is 21.8 Å². The number of imide groups is 1. The highest BCUT2D eigenvalue weighted by Crippen LogP contribution is 2.30. The van der Waals surface area contributed by atoms with E-state index in [4.69, 9.17) is 5.73 Å². The molecular weight excluding hydrogens is 428 g/mol. The van der Waals surface area contributed by atoms with Crippen LogP contribution in [-0.4, -0.2) is 36.4 Å². The predicted molar refractivity (Wildman–Crippen MR) is 123 cm³/mol. The molecule has 2 heterocycles. The zero-order valence-corrected chi connectivity index (χ0v) is 18.6. The van der Waals surface area contributed by atoms with Crippen molar-refractivity contribution in [2.45, 2.75) is 31.2 Å². The Hall–Kier alpha value is -3.66. The average molecular weight is 451 g/mol. The van der Waals surface area contributed by atoms with Gasteiger partial charge in [-0.1, -0.05) is 55.9 Å². The fourth-order valence-electron chi connectivity index (χ4n) is 3.58. The number of urea groups is 1. The molecule has 0 saturated carbocycles. The minimum atomic E-state index is -0.911. The van der Waals surface area contributed by atoms with E-state index in [9.17, 15) is 14.4 Å². The van der Waals surface area contributed by atoms with Gasteiger partial charge in [0.2, 0.25) is 11.7 Å². The van der Waals surface area contributed by atoms with Crippen LogP contribution in [-0.2, 0) is 4.79 Å². The largest absolute Gasteiger partial charge is 0.351 e. The van der Waals surface area contributed by atoms with Crippen LogP contribution in [0.5, 0.6) is 0 Å². The highest BCUT2D eigenvalue weighted by Gasteiger charge is 2.28. The number of para-hydroxylation sites is 2. The van der Waals surface area contributed by atoms with Gasteiger partial charge in [0, 0.05) is 0 Å². The van der Waals surface area contributed by atoms with Gasteiger partial charge in [-0.25, -0.2) is 9.36 Å². The molecule has 1 unspecified atom stereocenters. The number of aryl methyl sites for hydroxylation is 1. The first-order valence-electron chi connectivity index (χ1n) is 10.0. The number of benzene rings is 2. The van der Waals surface area contributed by atoms with Crippen molar-refractivity contribution in [2.24, 2.45) is 11.7 Å². The van der Waals surface area contributed by atoms with Gasteiger partial charge in [-0.3, -0.25) is 19.3 Å². The van der Waals surface area contributed by atoms with Gasteiger partial charge in [-0.2, -0.15) is 0 Å². The van der Waals surface area contributed by atoms with Gasteiger partial charge in [0.25, 0.3) is 5.56 Å². The summed E-state index contributed by atoms with van der Waals surface area (Å²) in [5.74, 6) is -0.297. The van der Waals surface area contributed by atoms with Crippen LogP contribution in [0.4, 0.5) is 4.79 Å². The monoisotopic (exact) mass is 450 g/mol. The number of carbonyl (C=O) groups excluding carboxylic acids is 2. The lowest BCUT2D eigenvalue weighted by atomic mass is 10.1. The van der Waals surface area contributed by atoms with Crippen molar-refractivity contribution < 1.29 is 9.59 Å². The summed E-state index contributed by atoms with van der Waals surface area (Å²) >= 11 is 1.17. The van der Waals surface area contributed by atoms with Gasteiger partial charge in [-0.15, -0.1) is 10.2 Å². The molecule has 0 fully saturated rings. The molecule has 164 valence electrons. The van der Waals surface area contributed by atoms with Crippen LogP contribution >= 0.6 is 11.8 Å². The quantitative estimate of drug-likeness (QED) is 0.451. The molecule has 4 aromatic rings. The number of hydrogen-bond donors (Lipinski definition) is 2. The molecule has 3 amide bonds. The predicted octanol–water partition coefficient (Wildman–Crippen LogP) is 2.65. The van der Waals surface area contributed by atoms with E-state index < -0.39 is 17.2 Å². The fourth-order valence-corrected chi connectivity index (χ4v) is 4.62. The first-order valence-corrected chi connectivity index (χ1v) is 10.9. The number of thioether (sulfide) groups is 1. The number of primary amides is 1. The first kappa shape index (κ1) is 21.6. The molecule has 4 rings (SSSR count). The Labute approximate surface area is 187 Å². The second kappa shape index (κ2) is 8.46. The smallest absolute Gasteiger partial charge is 0.318 e. The Morgan fingerprint density at radius 1 is 1.06 bits per heavy atom.